The number of nitrogens with zero attached hydrogens (tertiary/aromatic N) is 2. The number of aromatic nitrogens is 1. The van der Waals surface area contributed by atoms with Gasteiger partial charge < -0.3 is 10.4 Å². The molecule has 2 heterocycles. The number of rotatable bonds is 6. The van der Waals surface area contributed by atoms with Crippen LogP contribution in [0, 0.1) is 0 Å². The third kappa shape index (κ3) is 3.30. The molecule has 1 atom stereocenters. The number of thiazole rings is 1. The van der Waals surface area contributed by atoms with Crippen molar-refractivity contribution in [3.63, 3.8) is 0 Å². The molecule has 1 aliphatic rings. The van der Waals surface area contributed by atoms with Crippen LogP contribution < -0.4 is 5.32 Å². The topological polar surface area (TPSA) is 65.5 Å². The van der Waals surface area contributed by atoms with Gasteiger partial charge in [0.05, 0.1) is 5.69 Å². The fourth-order valence-corrected chi connectivity index (χ4v) is 3.19. The molecule has 20 heavy (non-hydrogen) atoms. The minimum atomic E-state index is -0.934. The third-order valence-electron chi connectivity index (χ3n) is 3.99. The normalized spacial score (nSPS) is 18.1. The molecule has 1 saturated heterocycles. The summed E-state index contributed by atoms with van der Waals surface area (Å²) < 4.78 is 0. The Labute approximate surface area is 124 Å². The van der Waals surface area contributed by atoms with Crippen molar-refractivity contribution in [1.82, 2.24) is 9.88 Å². The van der Waals surface area contributed by atoms with Crippen LogP contribution >= 0.6 is 11.3 Å². The highest BCUT2D eigenvalue weighted by molar-refractivity contribution is 7.13. The molecule has 0 radical (unpaired) electrons. The van der Waals surface area contributed by atoms with Gasteiger partial charge in [0.15, 0.2) is 5.13 Å². The lowest BCUT2D eigenvalue weighted by atomic mass is 9.90. The Bertz CT molecular complexity index is 467. The van der Waals surface area contributed by atoms with Crippen molar-refractivity contribution in [1.29, 1.82) is 0 Å². The lowest BCUT2D eigenvalue weighted by molar-refractivity contribution is -0.142. The fraction of sp³-hybridized carbons (Fsp3) is 0.714. The van der Waals surface area contributed by atoms with Crippen molar-refractivity contribution >= 4 is 22.4 Å². The molecule has 1 aromatic rings. The van der Waals surface area contributed by atoms with Gasteiger partial charge in [-0.2, -0.15) is 0 Å². The average Bonchev–Trinajstić information content (AvgIpc) is 3.07. The van der Waals surface area contributed by atoms with Gasteiger partial charge >= 0.3 is 5.97 Å². The van der Waals surface area contributed by atoms with E-state index in [-0.39, 0.29) is 0 Å². The summed E-state index contributed by atoms with van der Waals surface area (Å²) in [6, 6.07) is 0.484. The number of aliphatic carboxylic acids is 1. The molecule has 1 aliphatic heterocycles. The van der Waals surface area contributed by atoms with Crippen molar-refractivity contribution in [2.45, 2.75) is 45.1 Å². The number of likely N-dealkylation sites (tertiary alicyclic amines) is 1. The van der Waals surface area contributed by atoms with E-state index in [2.05, 4.69) is 22.1 Å². The van der Waals surface area contributed by atoms with Gasteiger partial charge in [-0.1, -0.05) is 0 Å². The summed E-state index contributed by atoms with van der Waals surface area (Å²) in [5, 5.41) is 15.2. The number of anilines is 1. The highest BCUT2D eigenvalue weighted by atomic mass is 32.1. The summed E-state index contributed by atoms with van der Waals surface area (Å²) in [6.45, 7) is 8.78. The Morgan fingerprint density at radius 1 is 1.55 bits per heavy atom. The second-order valence-electron chi connectivity index (χ2n) is 5.94. The van der Waals surface area contributed by atoms with Crippen molar-refractivity contribution in [2.24, 2.45) is 0 Å². The van der Waals surface area contributed by atoms with Crippen LogP contribution in [0.5, 0.6) is 0 Å². The Hall–Kier alpha value is -1.14. The molecule has 1 unspecified atom stereocenters. The SMILES string of the molecule is CC(CNc1nc(C(C)(C)C(=O)O)cs1)N1CCCC1. The van der Waals surface area contributed by atoms with Gasteiger partial charge in [0.1, 0.15) is 5.41 Å². The first-order chi connectivity index (χ1) is 9.41. The molecule has 2 N–H and O–H groups in total. The maximum atomic E-state index is 11.2. The Kier molecular flexibility index (Phi) is 4.65. The smallest absolute Gasteiger partial charge is 0.315 e. The molecule has 5 nitrogen and oxygen atoms in total. The second-order valence-corrected chi connectivity index (χ2v) is 6.80. The van der Waals surface area contributed by atoms with Crippen molar-refractivity contribution in [3.05, 3.63) is 11.1 Å². The number of hydrogen-bond donors (Lipinski definition) is 2. The molecule has 0 amide bonds. The van der Waals surface area contributed by atoms with E-state index >= 15 is 0 Å². The zero-order valence-electron chi connectivity index (χ0n) is 12.3. The summed E-state index contributed by atoms with van der Waals surface area (Å²) >= 11 is 1.47. The molecule has 0 aromatic carbocycles. The van der Waals surface area contributed by atoms with E-state index in [0.717, 1.165) is 11.7 Å². The van der Waals surface area contributed by atoms with Gasteiger partial charge in [0.25, 0.3) is 0 Å². The van der Waals surface area contributed by atoms with Gasteiger partial charge in [-0.05, 0) is 46.7 Å². The van der Waals surface area contributed by atoms with Gasteiger partial charge in [-0.25, -0.2) is 4.98 Å². The Morgan fingerprint density at radius 2 is 2.20 bits per heavy atom. The molecule has 0 bridgehead atoms. The summed E-state index contributed by atoms with van der Waals surface area (Å²) in [6.07, 6.45) is 2.58. The Morgan fingerprint density at radius 3 is 2.80 bits per heavy atom. The van der Waals surface area contributed by atoms with E-state index in [1.54, 1.807) is 13.8 Å². The maximum absolute atomic E-state index is 11.2. The molecule has 0 spiro atoms. The molecule has 1 fully saturated rings. The van der Waals surface area contributed by atoms with E-state index in [1.165, 1.54) is 37.3 Å². The highest BCUT2D eigenvalue weighted by Gasteiger charge is 2.32. The highest BCUT2D eigenvalue weighted by Crippen LogP contribution is 2.27. The van der Waals surface area contributed by atoms with Gasteiger partial charge in [-0.3, -0.25) is 9.69 Å². The second kappa shape index (κ2) is 6.10. The number of nitrogens with one attached hydrogen (secondary N) is 1. The first kappa shape index (κ1) is 15.3. The minimum Gasteiger partial charge on any atom is -0.481 e. The average molecular weight is 297 g/mol. The summed E-state index contributed by atoms with van der Waals surface area (Å²) in [5.74, 6) is -0.847. The van der Waals surface area contributed by atoms with Crippen molar-refractivity contribution in [3.8, 4) is 0 Å². The van der Waals surface area contributed by atoms with E-state index < -0.39 is 11.4 Å². The lowest BCUT2D eigenvalue weighted by Gasteiger charge is -2.23. The molecule has 1 aromatic heterocycles. The van der Waals surface area contributed by atoms with E-state index in [4.69, 9.17) is 0 Å². The van der Waals surface area contributed by atoms with Gasteiger partial charge in [0.2, 0.25) is 0 Å². The molecule has 2 rings (SSSR count). The molecular weight excluding hydrogens is 274 g/mol. The Balaban J connectivity index is 1.91. The molecule has 6 heteroatoms. The van der Waals surface area contributed by atoms with E-state index in [0.29, 0.717) is 11.7 Å². The zero-order valence-corrected chi connectivity index (χ0v) is 13.2. The predicted octanol–water partition coefficient (Wildman–Crippen LogP) is 2.40. The van der Waals surface area contributed by atoms with Gasteiger partial charge in [-0.15, -0.1) is 11.3 Å². The monoisotopic (exact) mass is 297 g/mol. The van der Waals surface area contributed by atoms with Crippen molar-refractivity contribution < 1.29 is 9.90 Å². The molecule has 0 aliphatic carbocycles. The first-order valence-electron chi connectivity index (χ1n) is 7.08. The van der Waals surface area contributed by atoms with E-state index in [9.17, 15) is 9.90 Å². The minimum absolute atomic E-state index is 0.484. The van der Waals surface area contributed by atoms with Crippen LogP contribution in [0.3, 0.4) is 0 Å². The summed E-state index contributed by atoms with van der Waals surface area (Å²) in [4.78, 5) is 18.1. The molecular formula is C14H23N3O2S. The number of hydrogen-bond acceptors (Lipinski definition) is 5. The summed E-state index contributed by atoms with van der Waals surface area (Å²) in [5.41, 5.74) is -0.317. The fourth-order valence-electron chi connectivity index (χ4n) is 2.30. The summed E-state index contributed by atoms with van der Waals surface area (Å²) in [7, 11) is 0. The van der Waals surface area contributed by atoms with E-state index in [1.807, 2.05) is 5.38 Å². The van der Waals surface area contributed by atoms with Crippen LogP contribution in [0.15, 0.2) is 5.38 Å². The van der Waals surface area contributed by atoms with Gasteiger partial charge in [0, 0.05) is 18.0 Å². The lowest BCUT2D eigenvalue weighted by Crippen LogP contribution is -2.35. The largest absolute Gasteiger partial charge is 0.481 e. The zero-order chi connectivity index (χ0) is 14.8. The third-order valence-corrected chi connectivity index (χ3v) is 4.79. The van der Waals surface area contributed by atoms with Crippen LogP contribution in [-0.4, -0.2) is 46.6 Å². The first-order valence-corrected chi connectivity index (χ1v) is 7.96. The number of carboxylic acid groups (broad SMARTS) is 1. The standard InChI is InChI=1S/C14H23N3O2S/c1-10(17-6-4-5-7-17)8-15-13-16-11(9-20-13)14(2,3)12(18)19/h9-10H,4-8H2,1-3H3,(H,15,16)(H,18,19). The van der Waals surface area contributed by atoms with Crippen LogP contribution in [0.4, 0.5) is 5.13 Å². The molecule has 112 valence electrons. The van der Waals surface area contributed by atoms with Crippen LogP contribution in [0.2, 0.25) is 0 Å². The van der Waals surface area contributed by atoms with Crippen LogP contribution in [0.1, 0.15) is 39.3 Å². The quantitative estimate of drug-likeness (QED) is 0.844. The predicted molar refractivity (Wildman–Crippen MR) is 81.5 cm³/mol. The molecule has 0 saturated carbocycles. The van der Waals surface area contributed by atoms with Crippen molar-refractivity contribution in [2.75, 3.05) is 25.0 Å². The van der Waals surface area contributed by atoms with Crippen LogP contribution in [0.25, 0.3) is 0 Å². The van der Waals surface area contributed by atoms with Crippen LogP contribution in [-0.2, 0) is 10.2 Å². The number of carbonyl (C=O) groups is 1. The number of carboxylic acids is 1. The maximum Gasteiger partial charge on any atom is 0.315 e.